The Kier molecular flexibility index (Phi) is 5.61. The van der Waals surface area contributed by atoms with E-state index < -0.39 is 0 Å². The van der Waals surface area contributed by atoms with Gasteiger partial charge in [-0.3, -0.25) is 4.79 Å². The number of benzene rings is 1. The summed E-state index contributed by atoms with van der Waals surface area (Å²) >= 11 is 0. The Hall–Kier alpha value is -2.27. The first kappa shape index (κ1) is 19.5. The zero-order valence-corrected chi connectivity index (χ0v) is 16.7. The highest BCUT2D eigenvalue weighted by molar-refractivity contribution is 5.94. The van der Waals surface area contributed by atoms with E-state index in [1.54, 1.807) is 6.20 Å². The molecule has 2 heterocycles. The Balaban J connectivity index is 1.74. The van der Waals surface area contributed by atoms with E-state index in [1.807, 2.05) is 6.92 Å². The molecular weight excluding hydrogens is 338 g/mol. The fourth-order valence-corrected chi connectivity index (χ4v) is 4.18. The van der Waals surface area contributed by atoms with Crippen LogP contribution in [0.25, 0.3) is 0 Å². The average Bonchev–Trinajstić information content (AvgIpc) is 2.61. The van der Waals surface area contributed by atoms with Crippen LogP contribution in [-0.2, 0) is 10.2 Å². The van der Waals surface area contributed by atoms with Crippen LogP contribution in [0.3, 0.4) is 0 Å². The monoisotopic (exact) mass is 367 g/mol. The van der Waals surface area contributed by atoms with Gasteiger partial charge in [0.15, 0.2) is 5.78 Å². The standard InChI is InChI=1S/C22H29N3O2/c1-16-19(17(2)26)14-24-20(25-16)23-12-10-22(18-8-6-5-7-9-18)11-13-27-21(3,4)15-22/h5-9,14H,10-13,15H2,1-4H3,(H,23,24,25). The quantitative estimate of drug-likeness (QED) is 0.771. The number of aryl methyl sites for hydroxylation is 1. The summed E-state index contributed by atoms with van der Waals surface area (Å²) in [5.41, 5.74) is 2.60. The van der Waals surface area contributed by atoms with Gasteiger partial charge in [0.25, 0.3) is 0 Å². The van der Waals surface area contributed by atoms with E-state index in [1.165, 1.54) is 12.5 Å². The molecule has 1 N–H and O–H groups in total. The number of carbonyl (C=O) groups excluding carboxylic acids is 1. The molecule has 1 aromatic carbocycles. The maximum absolute atomic E-state index is 11.5. The molecule has 0 spiro atoms. The number of rotatable bonds is 6. The minimum absolute atomic E-state index is 0.00785. The predicted octanol–water partition coefficient (Wildman–Crippen LogP) is 4.32. The van der Waals surface area contributed by atoms with Gasteiger partial charge in [-0.05, 0) is 52.5 Å². The van der Waals surface area contributed by atoms with Crippen molar-refractivity contribution in [3.63, 3.8) is 0 Å². The van der Waals surface area contributed by atoms with Crippen LogP contribution in [0, 0.1) is 6.92 Å². The number of ketones is 1. The predicted molar refractivity (Wildman–Crippen MR) is 107 cm³/mol. The van der Waals surface area contributed by atoms with Gasteiger partial charge in [-0.2, -0.15) is 0 Å². The van der Waals surface area contributed by atoms with Gasteiger partial charge in [0.2, 0.25) is 5.95 Å². The zero-order chi connectivity index (χ0) is 19.5. The molecule has 1 saturated heterocycles. The molecule has 144 valence electrons. The van der Waals surface area contributed by atoms with Gasteiger partial charge in [-0.25, -0.2) is 9.97 Å². The van der Waals surface area contributed by atoms with Crippen molar-refractivity contribution in [1.29, 1.82) is 0 Å². The summed E-state index contributed by atoms with van der Waals surface area (Å²) in [5, 5.41) is 3.35. The molecule has 2 aromatic rings. The van der Waals surface area contributed by atoms with Crippen molar-refractivity contribution >= 4 is 11.7 Å². The summed E-state index contributed by atoms with van der Waals surface area (Å²) in [6.45, 7) is 9.26. The van der Waals surface area contributed by atoms with E-state index in [0.717, 1.165) is 32.4 Å². The summed E-state index contributed by atoms with van der Waals surface area (Å²) in [6.07, 6.45) is 4.57. The number of carbonyl (C=O) groups is 1. The van der Waals surface area contributed by atoms with Gasteiger partial charge in [0.1, 0.15) is 0 Å². The van der Waals surface area contributed by atoms with Crippen molar-refractivity contribution in [3.8, 4) is 0 Å². The Morgan fingerprint density at radius 3 is 2.63 bits per heavy atom. The van der Waals surface area contributed by atoms with Crippen molar-refractivity contribution in [2.45, 2.75) is 58.0 Å². The van der Waals surface area contributed by atoms with Crippen LogP contribution < -0.4 is 5.32 Å². The lowest BCUT2D eigenvalue weighted by Crippen LogP contribution is -2.45. The van der Waals surface area contributed by atoms with Crippen molar-refractivity contribution < 1.29 is 9.53 Å². The number of Topliss-reactive ketones (excluding diaryl/α,β-unsaturated/α-hetero) is 1. The number of nitrogens with one attached hydrogen (secondary N) is 1. The Bertz CT molecular complexity index is 804. The van der Waals surface area contributed by atoms with Crippen LogP contribution in [0.5, 0.6) is 0 Å². The molecule has 0 amide bonds. The van der Waals surface area contributed by atoms with E-state index in [4.69, 9.17) is 4.74 Å². The second kappa shape index (κ2) is 7.77. The Morgan fingerprint density at radius 2 is 2.00 bits per heavy atom. The molecule has 1 aromatic heterocycles. The summed E-state index contributed by atoms with van der Waals surface area (Å²) in [6, 6.07) is 10.7. The molecule has 5 nitrogen and oxygen atoms in total. The Labute approximate surface area is 161 Å². The smallest absolute Gasteiger partial charge is 0.222 e. The molecule has 0 saturated carbocycles. The van der Waals surface area contributed by atoms with Gasteiger partial charge in [0.05, 0.1) is 16.9 Å². The van der Waals surface area contributed by atoms with Gasteiger partial charge in [-0.1, -0.05) is 30.3 Å². The molecule has 1 atom stereocenters. The lowest BCUT2D eigenvalue weighted by atomic mass is 9.67. The molecule has 1 unspecified atom stereocenters. The third-order valence-corrected chi connectivity index (χ3v) is 5.47. The van der Waals surface area contributed by atoms with Crippen LogP contribution >= 0.6 is 0 Å². The number of nitrogens with zero attached hydrogens (tertiary/aromatic N) is 2. The fraction of sp³-hybridized carbons (Fsp3) is 0.500. The van der Waals surface area contributed by atoms with Crippen molar-refractivity contribution in [3.05, 3.63) is 53.3 Å². The van der Waals surface area contributed by atoms with Crippen LogP contribution in [0.4, 0.5) is 5.95 Å². The second-order valence-corrected chi connectivity index (χ2v) is 8.11. The van der Waals surface area contributed by atoms with Gasteiger partial charge >= 0.3 is 0 Å². The number of hydrogen-bond acceptors (Lipinski definition) is 5. The summed E-state index contributed by atoms with van der Waals surface area (Å²) in [5.74, 6) is 0.568. The maximum atomic E-state index is 11.5. The summed E-state index contributed by atoms with van der Waals surface area (Å²) < 4.78 is 5.98. The minimum Gasteiger partial charge on any atom is -0.376 e. The number of ether oxygens (including phenoxy) is 1. The summed E-state index contributed by atoms with van der Waals surface area (Å²) in [7, 11) is 0. The average molecular weight is 367 g/mol. The van der Waals surface area contributed by atoms with E-state index in [9.17, 15) is 4.79 Å². The SMILES string of the molecule is CC(=O)c1cnc(NCCC2(c3ccccc3)CCOC(C)(C)C2)nc1C. The molecule has 0 bridgehead atoms. The van der Waals surface area contributed by atoms with Crippen molar-refractivity contribution in [1.82, 2.24) is 9.97 Å². The maximum Gasteiger partial charge on any atom is 0.222 e. The largest absolute Gasteiger partial charge is 0.376 e. The topological polar surface area (TPSA) is 64.1 Å². The highest BCUT2D eigenvalue weighted by atomic mass is 16.5. The first-order chi connectivity index (χ1) is 12.8. The first-order valence-electron chi connectivity index (χ1n) is 9.59. The number of anilines is 1. The van der Waals surface area contributed by atoms with E-state index in [-0.39, 0.29) is 16.8 Å². The van der Waals surface area contributed by atoms with Crippen LogP contribution in [0.15, 0.2) is 36.5 Å². The molecule has 3 rings (SSSR count). The van der Waals surface area contributed by atoms with Crippen molar-refractivity contribution in [2.24, 2.45) is 0 Å². The second-order valence-electron chi connectivity index (χ2n) is 8.11. The molecule has 0 radical (unpaired) electrons. The zero-order valence-electron chi connectivity index (χ0n) is 16.7. The highest BCUT2D eigenvalue weighted by Gasteiger charge is 2.41. The summed E-state index contributed by atoms with van der Waals surface area (Å²) in [4.78, 5) is 20.3. The van der Waals surface area contributed by atoms with E-state index in [0.29, 0.717) is 17.2 Å². The van der Waals surface area contributed by atoms with E-state index >= 15 is 0 Å². The lowest BCUT2D eigenvalue weighted by molar-refractivity contribution is -0.0835. The molecule has 27 heavy (non-hydrogen) atoms. The van der Waals surface area contributed by atoms with Gasteiger partial charge in [-0.15, -0.1) is 0 Å². The van der Waals surface area contributed by atoms with Gasteiger partial charge < -0.3 is 10.1 Å². The minimum atomic E-state index is -0.135. The molecule has 1 aliphatic heterocycles. The van der Waals surface area contributed by atoms with Crippen LogP contribution in [0.1, 0.15) is 61.6 Å². The normalized spacial score (nSPS) is 21.6. The third kappa shape index (κ3) is 4.53. The third-order valence-electron chi connectivity index (χ3n) is 5.47. The molecule has 0 aliphatic carbocycles. The molecular formula is C22H29N3O2. The first-order valence-corrected chi connectivity index (χ1v) is 9.59. The van der Waals surface area contributed by atoms with Crippen molar-refractivity contribution in [2.75, 3.05) is 18.5 Å². The van der Waals surface area contributed by atoms with E-state index in [2.05, 4.69) is 59.5 Å². The molecule has 5 heteroatoms. The lowest BCUT2D eigenvalue weighted by Gasteiger charge is -2.45. The Morgan fingerprint density at radius 1 is 1.26 bits per heavy atom. The fourth-order valence-electron chi connectivity index (χ4n) is 4.18. The number of aromatic nitrogens is 2. The van der Waals surface area contributed by atoms with Crippen LogP contribution in [-0.4, -0.2) is 34.5 Å². The molecule has 1 aliphatic rings. The number of hydrogen-bond donors (Lipinski definition) is 1. The van der Waals surface area contributed by atoms with Crippen LogP contribution in [0.2, 0.25) is 0 Å². The molecule has 1 fully saturated rings. The highest BCUT2D eigenvalue weighted by Crippen LogP contribution is 2.43. The van der Waals surface area contributed by atoms with Gasteiger partial charge in [0, 0.05) is 24.8 Å².